The van der Waals surface area contributed by atoms with Crippen molar-refractivity contribution in [3.05, 3.63) is 28.7 Å². The maximum atomic E-state index is 12.3. The van der Waals surface area contributed by atoms with E-state index in [9.17, 15) is 22.8 Å². The van der Waals surface area contributed by atoms with Gasteiger partial charge in [0.25, 0.3) is 0 Å². The van der Waals surface area contributed by atoms with Crippen LogP contribution in [-0.2, 0) is 4.74 Å². The van der Waals surface area contributed by atoms with E-state index in [2.05, 4.69) is 9.72 Å². The van der Waals surface area contributed by atoms with Crippen molar-refractivity contribution in [2.24, 2.45) is 0 Å². The maximum absolute atomic E-state index is 12.3. The highest BCUT2D eigenvalue weighted by molar-refractivity contribution is 5.89. The van der Waals surface area contributed by atoms with Gasteiger partial charge in [-0.05, 0) is 32.9 Å². The molecule has 0 spiro atoms. The van der Waals surface area contributed by atoms with Crippen molar-refractivity contribution in [1.82, 2.24) is 9.55 Å². The van der Waals surface area contributed by atoms with E-state index in [0.29, 0.717) is 4.57 Å². The van der Waals surface area contributed by atoms with Crippen LogP contribution in [0, 0.1) is 0 Å². The minimum atomic E-state index is -4.92. The molecule has 2 aromatic rings. The van der Waals surface area contributed by atoms with E-state index in [1.165, 1.54) is 12.1 Å². The Morgan fingerprint density at radius 1 is 1.23 bits per heavy atom. The lowest BCUT2D eigenvalue weighted by molar-refractivity contribution is -0.274. The predicted molar refractivity (Wildman–Crippen MR) is 70.9 cm³/mol. The summed E-state index contributed by atoms with van der Waals surface area (Å²) in [5.41, 5.74) is -2.08. The number of nitrogens with zero attached hydrogens (tertiary/aromatic N) is 1. The van der Waals surface area contributed by atoms with Crippen LogP contribution in [0.1, 0.15) is 20.8 Å². The van der Waals surface area contributed by atoms with Crippen LogP contribution in [-0.4, -0.2) is 27.6 Å². The lowest BCUT2D eigenvalue weighted by atomic mass is 10.2. The Labute approximate surface area is 122 Å². The van der Waals surface area contributed by atoms with Crippen LogP contribution in [0.5, 0.6) is 5.75 Å². The van der Waals surface area contributed by atoms with E-state index in [4.69, 9.17) is 4.74 Å². The molecule has 6 nitrogen and oxygen atoms in total. The van der Waals surface area contributed by atoms with E-state index in [1.807, 2.05) is 0 Å². The second-order valence-corrected chi connectivity index (χ2v) is 5.44. The van der Waals surface area contributed by atoms with Crippen LogP contribution < -0.4 is 10.4 Å². The Bertz CT molecular complexity index is 768. The van der Waals surface area contributed by atoms with Crippen molar-refractivity contribution in [2.45, 2.75) is 32.7 Å². The summed E-state index contributed by atoms with van der Waals surface area (Å²) in [5, 5.41) is 0. The van der Waals surface area contributed by atoms with E-state index in [0.717, 1.165) is 6.07 Å². The van der Waals surface area contributed by atoms with Gasteiger partial charge in [-0.2, -0.15) is 4.57 Å². The van der Waals surface area contributed by atoms with Gasteiger partial charge in [-0.3, -0.25) is 0 Å². The summed E-state index contributed by atoms with van der Waals surface area (Å²) in [4.78, 5) is 26.0. The van der Waals surface area contributed by atoms with E-state index >= 15 is 0 Å². The van der Waals surface area contributed by atoms with Gasteiger partial charge in [0.1, 0.15) is 11.1 Å². The van der Waals surface area contributed by atoms with Crippen LogP contribution in [0.2, 0.25) is 0 Å². The first-order valence-corrected chi connectivity index (χ1v) is 6.21. The number of ether oxygens (including phenoxy) is 2. The van der Waals surface area contributed by atoms with Gasteiger partial charge in [0, 0.05) is 0 Å². The lowest BCUT2D eigenvalue weighted by Gasteiger charge is -2.19. The largest absolute Gasteiger partial charge is 0.573 e. The number of aromatic nitrogens is 2. The van der Waals surface area contributed by atoms with Gasteiger partial charge in [-0.25, -0.2) is 9.59 Å². The van der Waals surface area contributed by atoms with E-state index in [-0.39, 0.29) is 11.0 Å². The molecular weight excluding hydrogens is 305 g/mol. The van der Waals surface area contributed by atoms with Gasteiger partial charge < -0.3 is 14.5 Å². The monoisotopic (exact) mass is 318 g/mol. The van der Waals surface area contributed by atoms with Gasteiger partial charge in [-0.1, -0.05) is 6.07 Å². The first kappa shape index (κ1) is 15.9. The molecule has 0 amide bonds. The molecule has 1 aromatic heterocycles. The number of fused-ring (bicyclic) bond motifs is 1. The predicted octanol–water partition coefficient (Wildman–Crippen LogP) is 3.01. The standard InChI is InChI=1S/C13H13F3N2O4/c1-12(2,3)22-11(20)18-7-5-4-6-8(21-13(14,15)16)9(7)17-10(18)19/h4-6H,1-3H3,(H,17,19). The number of para-hydroxylation sites is 1. The number of benzene rings is 1. The number of nitrogens with one attached hydrogen (secondary N) is 1. The number of H-pyrrole nitrogens is 1. The van der Waals surface area contributed by atoms with Crippen LogP contribution in [0.15, 0.2) is 23.0 Å². The van der Waals surface area contributed by atoms with Gasteiger partial charge in [0.15, 0.2) is 5.75 Å². The Kier molecular flexibility index (Phi) is 3.68. The molecule has 0 aliphatic heterocycles. The number of carbonyl (C=O) groups is 1. The van der Waals surface area contributed by atoms with Crippen LogP contribution in [0.25, 0.3) is 11.0 Å². The van der Waals surface area contributed by atoms with Gasteiger partial charge in [-0.15, -0.1) is 13.2 Å². The summed E-state index contributed by atoms with van der Waals surface area (Å²) in [6, 6.07) is 3.57. The first-order chi connectivity index (χ1) is 9.98. The summed E-state index contributed by atoms with van der Waals surface area (Å²) in [6.45, 7) is 4.80. The molecule has 1 aromatic carbocycles. The van der Waals surface area contributed by atoms with Crippen LogP contribution in [0.4, 0.5) is 18.0 Å². The zero-order valence-electron chi connectivity index (χ0n) is 11.9. The number of rotatable bonds is 1. The van der Waals surface area contributed by atoms with Gasteiger partial charge in [0.05, 0.1) is 5.52 Å². The second kappa shape index (κ2) is 5.08. The molecule has 0 aliphatic rings. The smallest absolute Gasteiger partial charge is 0.443 e. The number of imidazole rings is 1. The summed E-state index contributed by atoms with van der Waals surface area (Å²) in [5.74, 6) is -0.607. The second-order valence-electron chi connectivity index (χ2n) is 5.44. The van der Waals surface area contributed by atoms with Gasteiger partial charge >= 0.3 is 18.1 Å². The molecule has 1 N–H and O–H groups in total. The third kappa shape index (κ3) is 3.41. The molecule has 0 saturated heterocycles. The summed E-state index contributed by atoms with van der Waals surface area (Å²) in [7, 11) is 0. The van der Waals surface area contributed by atoms with Crippen molar-refractivity contribution in [2.75, 3.05) is 0 Å². The summed E-state index contributed by atoms with van der Waals surface area (Å²) in [6.07, 6.45) is -5.91. The molecule has 0 fully saturated rings. The quantitative estimate of drug-likeness (QED) is 0.877. The highest BCUT2D eigenvalue weighted by Gasteiger charge is 2.33. The number of hydrogen-bond donors (Lipinski definition) is 1. The third-order valence-corrected chi connectivity index (χ3v) is 2.48. The van der Waals surface area contributed by atoms with Crippen molar-refractivity contribution >= 4 is 17.1 Å². The average molecular weight is 318 g/mol. The maximum Gasteiger partial charge on any atom is 0.573 e. The van der Waals surface area contributed by atoms with Crippen molar-refractivity contribution in [3.8, 4) is 5.75 Å². The van der Waals surface area contributed by atoms with Crippen molar-refractivity contribution in [3.63, 3.8) is 0 Å². The molecule has 2 rings (SSSR count). The topological polar surface area (TPSA) is 73.3 Å². The summed E-state index contributed by atoms with van der Waals surface area (Å²) >= 11 is 0. The molecule has 0 bridgehead atoms. The fraction of sp³-hybridized carbons (Fsp3) is 0.385. The van der Waals surface area contributed by atoms with Crippen LogP contribution in [0.3, 0.4) is 0 Å². The number of carbonyl (C=O) groups excluding carboxylic acids is 1. The number of halogens is 3. The van der Waals surface area contributed by atoms with Gasteiger partial charge in [0.2, 0.25) is 0 Å². The Morgan fingerprint density at radius 2 is 1.86 bits per heavy atom. The Morgan fingerprint density at radius 3 is 2.41 bits per heavy atom. The molecule has 120 valence electrons. The number of hydrogen-bond acceptors (Lipinski definition) is 4. The molecule has 0 saturated carbocycles. The molecule has 0 atom stereocenters. The van der Waals surface area contributed by atoms with Crippen molar-refractivity contribution in [1.29, 1.82) is 0 Å². The SMILES string of the molecule is CC(C)(C)OC(=O)n1c(=O)[nH]c2c(OC(F)(F)F)cccc21. The minimum absolute atomic E-state index is 0.0685. The Balaban J connectivity index is 2.54. The van der Waals surface area contributed by atoms with E-state index in [1.54, 1.807) is 20.8 Å². The fourth-order valence-corrected chi connectivity index (χ4v) is 1.80. The van der Waals surface area contributed by atoms with Crippen molar-refractivity contribution < 1.29 is 27.4 Å². The highest BCUT2D eigenvalue weighted by atomic mass is 19.4. The number of alkyl halides is 3. The first-order valence-electron chi connectivity index (χ1n) is 6.21. The lowest BCUT2D eigenvalue weighted by Crippen LogP contribution is -2.32. The highest BCUT2D eigenvalue weighted by Crippen LogP contribution is 2.28. The van der Waals surface area contributed by atoms with E-state index < -0.39 is 29.5 Å². The zero-order chi connectivity index (χ0) is 16.7. The molecular formula is C13H13F3N2O4. The minimum Gasteiger partial charge on any atom is -0.443 e. The van der Waals surface area contributed by atoms with Crippen LogP contribution >= 0.6 is 0 Å². The zero-order valence-corrected chi connectivity index (χ0v) is 11.9. The third-order valence-electron chi connectivity index (χ3n) is 2.48. The number of aromatic amines is 1. The molecule has 9 heteroatoms. The average Bonchev–Trinajstić information content (AvgIpc) is 2.62. The Hall–Kier alpha value is -2.45. The normalized spacial score (nSPS) is 12.5. The molecule has 0 unspecified atom stereocenters. The molecule has 1 heterocycles. The molecule has 22 heavy (non-hydrogen) atoms. The fourth-order valence-electron chi connectivity index (χ4n) is 1.80. The summed E-state index contributed by atoms with van der Waals surface area (Å²) < 4.78 is 46.5. The molecule has 0 radical (unpaired) electrons. The molecule has 0 aliphatic carbocycles.